The molecule has 7 nitrogen and oxygen atoms in total. The molecule has 2 aromatic carbocycles. The number of carboxylic acids is 1. The van der Waals surface area contributed by atoms with E-state index in [1.54, 1.807) is 6.92 Å². The van der Waals surface area contributed by atoms with E-state index in [9.17, 15) is 14.4 Å². The molecule has 31 heavy (non-hydrogen) atoms. The molecular weight excluding hydrogens is 396 g/mol. The van der Waals surface area contributed by atoms with Crippen LogP contribution in [0.15, 0.2) is 48.5 Å². The smallest absolute Gasteiger partial charge is 0.407 e. The lowest BCUT2D eigenvalue weighted by Crippen LogP contribution is -2.44. The predicted octanol–water partition coefficient (Wildman–Crippen LogP) is 3.67. The number of aliphatic carboxylic acids is 1. The highest BCUT2D eigenvalue weighted by atomic mass is 16.5. The summed E-state index contributed by atoms with van der Waals surface area (Å²) in [5.74, 6) is -1.53. The van der Waals surface area contributed by atoms with Gasteiger partial charge < -0.3 is 20.5 Å². The number of alkyl carbamates (subject to hydrolysis) is 1. The number of fused-ring (bicyclic) bond motifs is 3. The molecule has 3 N–H and O–H groups in total. The van der Waals surface area contributed by atoms with Crippen molar-refractivity contribution in [3.63, 3.8) is 0 Å². The van der Waals surface area contributed by atoms with Crippen LogP contribution in [0.25, 0.3) is 11.1 Å². The summed E-state index contributed by atoms with van der Waals surface area (Å²) in [7, 11) is 0. The number of ether oxygens (including phenoxy) is 1. The molecule has 0 aliphatic heterocycles. The van der Waals surface area contributed by atoms with Crippen LogP contribution in [0.3, 0.4) is 0 Å². The quantitative estimate of drug-likeness (QED) is 0.570. The summed E-state index contributed by atoms with van der Waals surface area (Å²) in [6.07, 6.45) is 0.364. The van der Waals surface area contributed by atoms with Crippen LogP contribution in [-0.2, 0) is 14.3 Å². The van der Waals surface area contributed by atoms with Crippen molar-refractivity contribution in [1.82, 2.24) is 10.6 Å². The van der Waals surface area contributed by atoms with Crippen molar-refractivity contribution in [2.45, 2.75) is 51.1 Å². The molecular formula is C24H28N2O5. The van der Waals surface area contributed by atoms with Crippen LogP contribution in [0, 0.1) is 0 Å². The molecule has 3 rings (SSSR count). The summed E-state index contributed by atoms with van der Waals surface area (Å²) in [5, 5.41) is 14.3. The van der Waals surface area contributed by atoms with Gasteiger partial charge in [-0.15, -0.1) is 0 Å². The fourth-order valence-electron chi connectivity index (χ4n) is 3.97. The maximum Gasteiger partial charge on any atom is 0.407 e. The molecule has 1 aliphatic carbocycles. The summed E-state index contributed by atoms with van der Waals surface area (Å²) in [4.78, 5) is 35.6. The van der Waals surface area contributed by atoms with Gasteiger partial charge in [-0.1, -0.05) is 61.9 Å². The van der Waals surface area contributed by atoms with Gasteiger partial charge in [0.15, 0.2) is 0 Å². The molecule has 2 aromatic rings. The number of rotatable bonds is 9. The zero-order valence-corrected chi connectivity index (χ0v) is 17.8. The predicted molar refractivity (Wildman–Crippen MR) is 117 cm³/mol. The van der Waals surface area contributed by atoms with Crippen LogP contribution < -0.4 is 10.6 Å². The Bertz CT molecular complexity index is 913. The van der Waals surface area contributed by atoms with E-state index in [-0.39, 0.29) is 18.9 Å². The first-order valence-corrected chi connectivity index (χ1v) is 10.5. The van der Waals surface area contributed by atoms with Crippen molar-refractivity contribution >= 4 is 18.0 Å². The second-order valence-electron chi connectivity index (χ2n) is 7.82. The minimum Gasteiger partial charge on any atom is -0.480 e. The van der Waals surface area contributed by atoms with Crippen molar-refractivity contribution < 1.29 is 24.2 Å². The maximum atomic E-state index is 12.3. The van der Waals surface area contributed by atoms with E-state index < -0.39 is 30.1 Å². The summed E-state index contributed by atoms with van der Waals surface area (Å²) in [6.45, 7) is 3.72. The van der Waals surface area contributed by atoms with E-state index in [0.29, 0.717) is 12.8 Å². The fourth-order valence-corrected chi connectivity index (χ4v) is 3.97. The first kappa shape index (κ1) is 22.3. The highest BCUT2D eigenvalue weighted by Crippen LogP contribution is 2.44. The Kier molecular flexibility index (Phi) is 7.28. The van der Waals surface area contributed by atoms with Crippen LogP contribution in [-0.4, -0.2) is 41.8 Å². The average Bonchev–Trinajstić information content (AvgIpc) is 3.05. The molecule has 2 amide bonds. The molecule has 0 spiro atoms. The van der Waals surface area contributed by atoms with E-state index in [2.05, 4.69) is 22.8 Å². The molecule has 0 bridgehead atoms. The maximum absolute atomic E-state index is 12.3. The Hall–Kier alpha value is -3.35. The number of carboxylic acid groups (broad SMARTS) is 1. The van der Waals surface area contributed by atoms with Gasteiger partial charge in [-0.2, -0.15) is 0 Å². The van der Waals surface area contributed by atoms with E-state index in [1.165, 1.54) is 0 Å². The highest BCUT2D eigenvalue weighted by Gasteiger charge is 2.29. The highest BCUT2D eigenvalue weighted by molar-refractivity contribution is 5.84. The Morgan fingerprint density at radius 3 is 2.13 bits per heavy atom. The number of nitrogens with one attached hydrogen (secondary N) is 2. The second kappa shape index (κ2) is 10.1. The molecule has 1 aliphatic rings. The third-order valence-corrected chi connectivity index (χ3v) is 5.41. The van der Waals surface area contributed by atoms with E-state index in [0.717, 1.165) is 22.3 Å². The van der Waals surface area contributed by atoms with E-state index in [1.807, 2.05) is 43.3 Å². The molecule has 0 heterocycles. The van der Waals surface area contributed by atoms with Crippen molar-refractivity contribution in [1.29, 1.82) is 0 Å². The van der Waals surface area contributed by atoms with Gasteiger partial charge in [0.1, 0.15) is 12.6 Å². The van der Waals surface area contributed by atoms with Crippen molar-refractivity contribution in [2.75, 3.05) is 6.61 Å². The number of carbonyl (C=O) groups excluding carboxylic acids is 2. The summed E-state index contributed by atoms with van der Waals surface area (Å²) in [6, 6.07) is 14.7. The molecule has 0 fully saturated rings. The van der Waals surface area contributed by atoms with Gasteiger partial charge in [0, 0.05) is 18.4 Å². The molecule has 1 unspecified atom stereocenters. The standard InChI is InChI=1S/C24H28N2O5/c1-3-8-21(23(28)29)26-22(27)13-15(2)25-24(30)31-14-20-18-11-6-4-9-16(18)17-10-5-7-12-19(17)20/h4-7,9-12,15,20-21H,3,8,13-14H2,1-2H3,(H,25,30)(H,26,27)(H,28,29)/t15?,21-/m0/s1. The molecule has 0 saturated heterocycles. The van der Waals surface area contributed by atoms with Crippen LogP contribution in [0.5, 0.6) is 0 Å². The van der Waals surface area contributed by atoms with Gasteiger partial charge in [-0.3, -0.25) is 4.79 Å². The molecule has 2 atom stereocenters. The van der Waals surface area contributed by atoms with Gasteiger partial charge in [0.2, 0.25) is 5.91 Å². The molecule has 164 valence electrons. The Morgan fingerprint density at radius 2 is 1.58 bits per heavy atom. The second-order valence-corrected chi connectivity index (χ2v) is 7.82. The number of amides is 2. The lowest BCUT2D eigenvalue weighted by atomic mass is 9.98. The molecule has 0 saturated carbocycles. The van der Waals surface area contributed by atoms with Crippen LogP contribution >= 0.6 is 0 Å². The van der Waals surface area contributed by atoms with E-state index >= 15 is 0 Å². The molecule has 0 radical (unpaired) electrons. The van der Waals surface area contributed by atoms with Gasteiger partial charge in [-0.05, 0) is 35.6 Å². The van der Waals surface area contributed by atoms with Crippen LogP contribution in [0.4, 0.5) is 4.79 Å². The topological polar surface area (TPSA) is 105 Å². The number of carbonyl (C=O) groups is 3. The fraction of sp³-hybridized carbons (Fsp3) is 0.375. The van der Waals surface area contributed by atoms with Gasteiger partial charge >= 0.3 is 12.1 Å². The summed E-state index contributed by atoms with van der Waals surface area (Å²) < 4.78 is 5.47. The largest absolute Gasteiger partial charge is 0.480 e. The SMILES string of the molecule is CCC[C@H](NC(=O)CC(C)NC(=O)OCC1c2ccccc2-c2ccccc21)C(=O)O. The van der Waals surface area contributed by atoms with E-state index in [4.69, 9.17) is 9.84 Å². The number of hydrogen-bond donors (Lipinski definition) is 3. The third-order valence-electron chi connectivity index (χ3n) is 5.41. The summed E-state index contributed by atoms with van der Waals surface area (Å²) in [5.41, 5.74) is 4.55. The Morgan fingerprint density at radius 1 is 1.00 bits per heavy atom. The first-order valence-electron chi connectivity index (χ1n) is 10.5. The van der Waals surface area contributed by atoms with Gasteiger partial charge in [0.05, 0.1) is 0 Å². The van der Waals surface area contributed by atoms with Crippen LogP contribution in [0.1, 0.15) is 50.2 Å². The van der Waals surface area contributed by atoms with Gasteiger partial charge in [0.25, 0.3) is 0 Å². The Labute approximate surface area is 181 Å². The van der Waals surface area contributed by atoms with Crippen LogP contribution in [0.2, 0.25) is 0 Å². The third kappa shape index (κ3) is 5.42. The Balaban J connectivity index is 1.52. The van der Waals surface area contributed by atoms with Gasteiger partial charge in [-0.25, -0.2) is 9.59 Å². The monoisotopic (exact) mass is 424 g/mol. The minimum absolute atomic E-state index is 0.0301. The lowest BCUT2D eigenvalue weighted by molar-refractivity contribution is -0.142. The number of benzene rings is 2. The number of hydrogen-bond acceptors (Lipinski definition) is 4. The van der Waals surface area contributed by atoms with Crippen molar-refractivity contribution in [3.8, 4) is 11.1 Å². The van der Waals surface area contributed by atoms with Crippen molar-refractivity contribution in [3.05, 3.63) is 59.7 Å². The normalized spacial score (nSPS) is 14.1. The zero-order chi connectivity index (χ0) is 22.4. The molecule has 0 aromatic heterocycles. The van der Waals surface area contributed by atoms with Crippen molar-refractivity contribution in [2.24, 2.45) is 0 Å². The molecule has 7 heteroatoms. The average molecular weight is 424 g/mol. The lowest BCUT2D eigenvalue weighted by Gasteiger charge is -2.18. The first-order chi connectivity index (χ1) is 14.9. The minimum atomic E-state index is -1.06. The zero-order valence-electron chi connectivity index (χ0n) is 17.8. The summed E-state index contributed by atoms with van der Waals surface area (Å²) >= 11 is 0.